The highest BCUT2D eigenvalue weighted by atomic mass is 16.1. The van der Waals surface area contributed by atoms with Gasteiger partial charge in [0.05, 0.1) is 17.8 Å². The number of hydrogen-bond acceptors (Lipinski definition) is 5. The first kappa shape index (κ1) is 13.9. The molecule has 0 atom stereocenters. The quantitative estimate of drug-likeness (QED) is 0.772. The van der Waals surface area contributed by atoms with Crippen molar-refractivity contribution in [3.63, 3.8) is 0 Å². The third-order valence-corrected chi connectivity index (χ3v) is 3.18. The number of aryl methyl sites for hydroxylation is 2. The second kappa shape index (κ2) is 5.76. The average molecular weight is 297 g/mol. The summed E-state index contributed by atoms with van der Waals surface area (Å²) in [6.45, 7) is 1.88. The van der Waals surface area contributed by atoms with E-state index in [2.05, 4.69) is 25.9 Å². The normalized spacial score (nSPS) is 10.6. The molecule has 0 bridgehead atoms. The SMILES string of the molecule is Cc1cc(NC(=O)Cc2ccc(-n3cnnn3)cc2)n(C)n1. The summed E-state index contributed by atoms with van der Waals surface area (Å²) in [4.78, 5) is 12.1. The molecule has 112 valence electrons. The van der Waals surface area contributed by atoms with Crippen LogP contribution in [-0.4, -0.2) is 35.9 Å². The Labute approximate surface area is 126 Å². The van der Waals surface area contributed by atoms with Crippen molar-refractivity contribution in [2.45, 2.75) is 13.3 Å². The molecule has 1 amide bonds. The molecule has 0 aliphatic carbocycles. The van der Waals surface area contributed by atoms with Gasteiger partial charge in [0.1, 0.15) is 12.1 Å². The van der Waals surface area contributed by atoms with Crippen molar-refractivity contribution in [3.8, 4) is 5.69 Å². The molecule has 0 saturated heterocycles. The average Bonchev–Trinajstić information content (AvgIpc) is 3.10. The van der Waals surface area contributed by atoms with Crippen LogP contribution in [0, 0.1) is 6.92 Å². The van der Waals surface area contributed by atoms with Gasteiger partial charge in [0, 0.05) is 13.1 Å². The molecule has 3 aromatic rings. The predicted molar refractivity (Wildman–Crippen MR) is 79.4 cm³/mol. The number of carbonyl (C=O) groups excluding carboxylic acids is 1. The molecular weight excluding hydrogens is 282 g/mol. The van der Waals surface area contributed by atoms with E-state index in [0.717, 1.165) is 16.9 Å². The molecule has 8 nitrogen and oxygen atoms in total. The van der Waals surface area contributed by atoms with E-state index in [0.29, 0.717) is 12.2 Å². The third-order valence-electron chi connectivity index (χ3n) is 3.18. The zero-order valence-electron chi connectivity index (χ0n) is 12.3. The van der Waals surface area contributed by atoms with E-state index in [1.54, 1.807) is 16.4 Å². The van der Waals surface area contributed by atoms with Crippen molar-refractivity contribution in [3.05, 3.63) is 47.9 Å². The molecule has 0 aliphatic rings. The van der Waals surface area contributed by atoms with Gasteiger partial charge in [0.25, 0.3) is 0 Å². The van der Waals surface area contributed by atoms with E-state index < -0.39 is 0 Å². The molecule has 2 heterocycles. The topological polar surface area (TPSA) is 90.5 Å². The predicted octanol–water partition coefficient (Wildman–Crippen LogP) is 0.885. The van der Waals surface area contributed by atoms with Gasteiger partial charge in [0.15, 0.2) is 0 Å². The Morgan fingerprint density at radius 1 is 1.27 bits per heavy atom. The number of nitrogens with zero attached hydrogens (tertiary/aromatic N) is 6. The van der Waals surface area contributed by atoms with Crippen LogP contribution < -0.4 is 5.32 Å². The van der Waals surface area contributed by atoms with Gasteiger partial charge < -0.3 is 5.32 Å². The first-order chi connectivity index (χ1) is 10.6. The minimum atomic E-state index is -0.0850. The molecule has 3 rings (SSSR count). The maximum Gasteiger partial charge on any atom is 0.229 e. The van der Waals surface area contributed by atoms with Gasteiger partial charge in [-0.05, 0) is 35.0 Å². The summed E-state index contributed by atoms with van der Waals surface area (Å²) in [6.07, 6.45) is 1.81. The summed E-state index contributed by atoms with van der Waals surface area (Å²) in [7, 11) is 1.80. The van der Waals surface area contributed by atoms with Crippen molar-refractivity contribution in [2.24, 2.45) is 7.05 Å². The molecule has 2 aromatic heterocycles. The summed E-state index contributed by atoms with van der Waals surface area (Å²) in [6, 6.07) is 9.33. The number of carbonyl (C=O) groups is 1. The van der Waals surface area contributed by atoms with Gasteiger partial charge in [-0.1, -0.05) is 12.1 Å². The lowest BCUT2D eigenvalue weighted by atomic mass is 10.1. The molecule has 0 radical (unpaired) electrons. The van der Waals surface area contributed by atoms with Crippen LogP contribution in [0.2, 0.25) is 0 Å². The molecule has 0 spiro atoms. The highest BCUT2D eigenvalue weighted by Gasteiger charge is 2.08. The van der Waals surface area contributed by atoms with Gasteiger partial charge >= 0.3 is 0 Å². The van der Waals surface area contributed by atoms with Crippen LogP contribution >= 0.6 is 0 Å². The van der Waals surface area contributed by atoms with Crippen molar-refractivity contribution in [1.29, 1.82) is 0 Å². The lowest BCUT2D eigenvalue weighted by Crippen LogP contribution is -2.16. The molecule has 1 aromatic carbocycles. The molecule has 0 aliphatic heterocycles. The first-order valence-electron chi connectivity index (χ1n) is 6.74. The van der Waals surface area contributed by atoms with E-state index in [-0.39, 0.29) is 5.91 Å². The number of benzene rings is 1. The van der Waals surface area contributed by atoms with Crippen molar-refractivity contribution in [1.82, 2.24) is 30.0 Å². The molecule has 1 N–H and O–H groups in total. The second-order valence-electron chi connectivity index (χ2n) is 4.94. The molecular formula is C14H15N7O. The Bertz CT molecular complexity index is 774. The number of amides is 1. The Morgan fingerprint density at radius 3 is 2.64 bits per heavy atom. The van der Waals surface area contributed by atoms with Gasteiger partial charge in [-0.15, -0.1) is 5.10 Å². The Kier molecular flexibility index (Phi) is 3.65. The minimum Gasteiger partial charge on any atom is -0.311 e. The summed E-state index contributed by atoms with van der Waals surface area (Å²) >= 11 is 0. The van der Waals surface area contributed by atoms with Gasteiger partial charge in [-0.25, -0.2) is 4.68 Å². The van der Waals surface area contributed by atoms with Crippen LogP contribution in [0.15, 0.2) is 36.7 Å². The largest absolute Gasteiger partial charge is 0.311 e. The van der Waals surface area contributed by atoms with Crippen LogP contribution in [-0.2, 0) is 18.3 Å². The molecule has 0 saturated carbocycles. The Morgan fingerprint density at radius 2 is 2.05 bits per heavy atom. The van der Waals surface area contributed by atoms with Crippen LogP contribution in [0.5, 0.6) is 0 Å². The highest BCUT2D eigenvalue weighted by molar-refractivity contribution is 5.91. The highest BCUT2D eigenvalue weighted by Crippen LogP contribution is 2.11. The first-order valence-corrected chi connectivity index (χ1v) is 6.74. The molecule has 0 unspecified atom stereocenters. The van der Waals surface area contributed by atoms with Crippen LogP contribution in [0.1, 0.15) is 11.3 Å². The standard InChI is InChI=1S/C14H15N7O/c1-10-7-13(20(2)17-10)16-14(22)8-11-3-5-12(6-4-11)21-9-15-18-19-21/h3-7,9H,8H2,1-2H3,(H,16,22). The summed E-state index contributed by atoms with van der Waals surface area (Å²) in [5.74, 6) is 0.603. The van der Waals surface area contributed by atoms with Crippen LogP contribution in [0.3, 0.4) is 0 Å². The van der Waals surface area contributed by atoms with E-state index in [1.807, 2.05) is 37.3 Å². The number of nitrogens with one attached hydrogen (secondary N) is 1. The van der Waals surface area contributed by atoms with E-state index >= 15 is 0 Å². The van der Waals surface area contributed by atoms with Crippen LogP contribution in [0.4, 0.5) is 5.82 Å². The van der Waals surface area contributed by atoms with Crippen molar-refractivity contribution < 1.29 is 4.79 Å². The summed E-state index contributed by atoms with van der Waals surface area (Å²) in [5.41, 5.74) is 2.62. The fourth-order valence-electron chi connectivity index (χ4n) is 2.15. The number of hydrogen-bond donors (Lipinski definition) is 1. The lowest BCUT2D eigenvalue weighted by Gasteiger charge is -2.06. The monoisotopic (exact) mass is 297 g/mol. The molecule has 22 heavy (non-hydrogen) atoms. The zero-order chi connectivity index (χ0) is 15.5. The zero-order valence-corrected chi connectivity index (χ0v) is 12.3. The molecule has 8 heteroatoms. The minimum absolute atomic E-state index is 0.0850. The van der Waals surface area contributed by atoms with E-state index in [9.17, 15) is 4.79 Å². The fraction of sp³-hybridized carbons (Fsp3) is 0.214. The van der Waals surface area contributed by atoms with Gasteiger partial charge in [-0.3, -0.25) is 9.48 Å². The summed E-state index contributed by atoms with van der Waals surface area (Å²) < 4.78 is 3.20. The van der Waals surface area contributed by atoms with E-state index in [1.165, 1.54) is 6.33 Å². The van der Waals surface area contributed by atoms with Gasteiger partial charge in [-0.2, -0.15) is 5.10 Å². The smallest absolute Gasteiger partial charge is 0.229 e. The van der Waals surface area contributed by atoms with Crippen molar-refractivity contribution >= 4 is 11.7 Å². The molecule has 0 fully saturated rings. The number of tetrazole rings is 1. The van der Waals surface area contributed by atoms with E-state index in [4.69, 9.17) is 0 Å². The third kappa shape index (κ3) is 3.00. The second-order valence-corrected chi connectivity index (χ2v) is 4.94. The fourth-order valence-corrected chi connectivity index (χ4v) is 2.15. The van der Waals surface area contributed by atoms with Crippen molar-refractivity contribution in [2.75, 3.05) is 5.32 Å². The van der Waals surface area contributed by atoms with Crippen LogP contribution in [0.25, 0.3) is 5.69 Å². The lowest BCUT2D eigenvalue weighted by molar-refractivity contribution is -0.115. The maximum atomic E-state index is 12.1. The van der Waals surface area contributed by atoms with Gasteiger partial charge in [0.2, 0.25) is 5.91 Å². The number of rotatable bonds is 4. The Balaban J connectivity index is 1.65. The number of aromatic nitrogens is 6. The Hall–Kier alpha value is -3.03. The maximum absolute atomic E-state index is 12.1. The number of anilines is 1. The summed E-state index contributed by atoms with van der Waals surface area (Å²) in [5, 5.41) is 18.0.